The van der Waals surface area contributed by atoms with Crippen LogP contribution in [0.4, 0.5) is 0 Å². The predicted molar refractivity (Wildman–Crippen MR) is 91.5 cm³/mol. The van der Waals surface area contributed by atoms with E-state index in [0.717, 1.165) is 24.8 Å². The third-order valence-electron chi connectivity index (χ3n) is 5.34. The highest BCUT2D eigenvalue weighted by atomic mass is 16.4. The monoisotopic (exact) mass is 330 g/mol. The summed E-state index contributed by atoms with van der Waals surface area (Å²) in [5, 5.41) is 12.4. The van der Waals surface area contributed by atoms with Crippen LogP contribution in [0.3, 0.4) is 0 Å². The van der Waals surface area contributed by atoms with E-state index in [4.69, 9.17) is 0 Å². The summed E-state index contributed by atoms with van der Waals surface area (Å²) in [5.74, 6) is -0.412. The molecule has 2 fully saturated rings. The van der Waals surface area contributed by atoms with Gasteiger partial charge in [-0.15, -0.1) is 0 Å². The van der Waals surface area contributed by atoms with Crippen molar-refractivity contribution in [2.75, 3.05) is 13.1 Å². The second-order valence-electron chi connectivity index (χ2n) is 6.97. The lowest BCUT2D eigenvalue weighted by Crippen LogP contribution is -2.44. The van der Waals surface area contributed by atoms with Crippen LogP contribution in [0, 0.1) is 5.92 Å². The van der Waals surface area contributed by atoms with Crippen LogP contribution >= 0.6 is 0 Å². The highest BCUT2D eigenvalue weighted by molar-refractivity contribution is 5.80. The number of nitrogens with zero attached hydrogens (tertiary/aromatic N) is 1. The third-order valence-corrected chi connectivity index (χ3v) is 5.34. The van der Waals surface area contributed by atoms with Gasteiger partial charge in [-0.1, -0.05) is 43.2 Å². The van der Waals surface area contributed by atoms with Gasteiger partial charge in [-0.3, -0.25) is 14.5 Å². The van der Waals surface area contributed by atoms with Crippen LogP contribution in [-0.4, -0.2) is 41.0 Å². The quantitative estimate of drug-likeness (QED) is 0.841. The number of carbonyl (C=O) groups is 2. The van der Waals surface area contributed by atoms with Gasteiger partial charge in [0.2, 0.25) is 5.91 Å². The summed E-state index contributed by atoms with van der Waals surface area (Å²) in [6.07, 6.45) is 6.19. The molecule has 2 N–H and O–H groups in total. The standard InChI is InChI=1S/C19H26N2O3/c22-17(13-21-12-6-11-16(21)19(23)24)20-18(15-9-4-5-10-15)14-7-2-1-3-8-14/h1-3,7-8,15-16,18H,4-6,9-13H2,(H,20,22)(H,23,24)/t16-,18+/m1/s1. The van der Waals surface area contributed by atoms with Crippen molar-refractivity contribution in [3.8, 4) is 0 Å². The number of likely N-dealkylation sites (tertiary alicyclic amines) is 1. The number of carboxylic acids is 1. The fourth-order valence-corrected chi connectivity index (χ4v) is 4.12. The summed E-state index contributed by atoms with van der Waals surface area (Å²) in [6, 6.07) is 9.65. The Hall–Kier alpha value is -1.88. The molecule has 1 amide bonds. The maximum Gasteiger partial charge on any atom is 0.320 e. The van der Waals surface area contributed by atoms with Crippen molar-refractivity contribution >= 4 is 11.9 Å². The van der Waals surface area contributed by atoms with Crippen LogP contribution in [0.25, 0.3) is 0 Å². The molecule has 1 aromatic carbocycles. The largest absolute Gasteiger partial charge is 0.480 e. The van der Waals surface area contributed by atoms with Gasteiger partial charge in [0.15, 0.2) is 0 Å². The molecule has 0 spiro atoms. The number of hydrogen-bond acceptors (Lipinski definition) is 3. The molecule has 0 unspecified atom stereocenters. The second-order valence-corrected chi connectivity index (χ2v) is 6.97. The Balaban J connectivity index is 1.66. The number of rotatable bonds is 6. The maximum absolute atomic E-state index is 12.6. The second kappa shape index (κ2) is 7.79. The van der Waals surface area contributed by atoms with Gasteiger partial charge in [-0.2, -0.15) is 0 Å². The summed E-state index contributed by atoms with van der Waals surface area (Å²) in [4.78, 5) is 25.6. The zero-order valence-electron chi connectivity index (χ0n) is 14.0. The first kappa shape index (κ1) is 17.0. The van der Waals surface area contributed by atoms with Crippen molar-refractivity contribution in [2.24, 2.45) is 5.92 Å². The van der Waals surface area contributed by atoms with Crippen molar-refractivity contribution in [1.82, 2.24) is 10.2 Å². The van der Waals surface area contributed by atoms with Crippen molar-refractivity contribution in [1.29, 1.82) is 0 Å². The molecule has 0 aromatic heterocycles. The first-order valence-corrected chi connectivity index (χ1v) is 8.96. The Kier molecular flexibility index (Phi) is 5.51. The van der Waals surface area contributed by atoms with Gasteiger partial charge in [-0.25, -0.2) is 0 Å². The number of amides is 1. The van der Waals surface area contributed by atoms with Crippen LogP contribution in [0.1, 0.15) is 50.1 Å². The topological polar surface area (TPSA) is 69.6 Å². The lowest BCUT2D eigenvalue weighted by molar-refractivity contribution is -0.142. The van der Waals surface area contributed by atoms with E-state index in [1.54, 1.807) is 4.90 Å². The van der Waals surface area contributed by atoms with Crippen molar-refractivity contribution in [3.05, 3.63) is 35.9 Å². The molecule has 1 saturated heterocycles. The van der Waals surface area contributed by atoms with Crippen molar-refractivity contribution in [2.45, 2.75) is 50.6 Å². The number of hydrogen-bond donors (Lipinski definition) is 2. The van der Waals surface area contributed by atoms with Gasteiger partial charge in [0.05, 0.1) is 12.6 Å². The average molecular weight is 330 g/mol. The molecule has 1 saturated carbocycles. The number of carboxylic acid groups (broad SMARTS) is 1. The normalized spacial score (nSPS) is 23.2. The molecule has 0 bridgehead atoms. The molecule has 2 atom stereocenters. The van der Waals surface area contributed by atoms with Crippen molar-refractivity contribution < 1.29 is 14.7 Å². The van der Waals surface area contributed by atoms with E-state index in [2.05, 4.69) is 17.4 Å². The van der Waals surface area contributed by atoms with Crippen molar-refractivity contribution in [3.63, 3.8) is 0 Å². The highest BCUT2D eigenvalue weighted by Crippen LogP contribution is 2.35. The van der Waals surface area contributed by atoms with Crippen LogP contribution in [-0.2, 0) is 9.59 Å². The molecule has 130 valence electrons. The number of benzene rings is 1. The Labute approximate surface area is 143 Å². The minimum Gasteiger partial charge on any atom is -0.480 e. The van der Waals surface area contributed by atoms with Crippen LogP contribution in [0.15, 0.2) is 30.3 Å². The molecular formula is C19H26N2O3. The van der Waals surface area contributed by atoms with E-state index in [0.29, 0.717) is 18.9 Å². The van der Waals surface area contributed by atoms with Gasteiger partial charge < -0.3 is 10.4 Å². The van der Waals surface area contributed by atoms with Gasteiger partial charge in [-0.05, 0) is 43.7 Å². The van der Waals surface area contributed by atoms with E-state index in [1.807, 2.05) is 18.2 Å². The Bertz CT molecular complexity index is 569. The molecule has 1 aliphatic heterocycles. The Morgan fingerprint density at radius 2 is 1.83 bits per heavy atom. The van der Waals surface area contributed by atoms with E-state index in [9.17, 15) is 14.7 Å². The van der Waals surface area contributed by atoms with E-state index in [-0.39, 0.29) is 18.5 Å². The average Bonchev–Trinajstić information content (AvgIpc) is 3.25. The van der Waals surface area contributed by atoms with Crippen LogP contribution in [0.2, 0.25) is 0 Å². The van der Waals surface area contributed by atoms with E-state index < -0.39 is 12.0 Å². The zero-order chi connectivity index (χ0) is 16.9. The first-order chi connectivity index (χ1) is 11.6. The molecule has 1 aromatic rings. The SMILES string of the molecule is O=C(CN1CCC[C@@H]1C(=O)O)N[C@@H](c1ccccc1)C1CCCC1. The molecule has 3 rings (SSSR count). The van der Waals surface area contributed by atoms with Gasteiger partial charge in [0.1, 0.15) is 6.04 Å². The Morgan fingerprint density at radius 3 is 2.50 bits per heavy atom. The molecule has 0 radical (unpaired) electrons. The summed E-state index contributed by atoms with van der Waals surface area (Å²) in [6.45, 7) is 0.858. The first-order valence-electron chi connectivity index (χ1n) is 8.96. The van der Waals surface area contributed by atoms with Gasteiger partial charge in [0, 0.05) is 0 Å². The lowest BCUT2D eigenvalue weighted by atomic mass is 9.91. The highest BCUT2D eigenvalue weighted by Gasteiger charge is 2.33. The molecule has 24 heavy (non-hydrogen) atoms. The fourth-order valence-electron chi connectivity index (χ4n) is 4.12. The number of aliphatic carboxylic acids is 1. The minimum atomic E-state index is -0.823. The molecule has 2 aliphatic rings. The lowest BCUT2D eigenvalue weighted by Gasteiger charge is -2.27. The third kappa shape index (κ3) is 3.96. The summed E-state index contributed by atoms with van der Waals surface area (Å²) in [7, 11) is 0. The van der Waals surface area contributed by atoms with Gasteiger partial charge in [0.25, 0.3) is 0 Å². The van der Waals surface area contributed by atoms with Gasteiger partial charge >= 0.3 is 5.97 Å². The predicted octanol–water partition coefficient (Wildman–Crippen LogP) is 2.58. The van der Waals surface area contributed by atoms with E-state index in [1.165, 1.54) is 12.8 Å². The smallest absolute Gasteiger partial charge is 0.320 e. The summed E-state index contributed by atoms with van der Waals surface area (Å²) in [5.41, 5.74) is 1.15. The fraction of sp³-hybridized carbons (Fsp3) is 0.579. The molecule has 1 heterocycles. The summed E-state index contributed by atoms with van der Waals surface area (Å²) >= 11 is 0. The summed E-state index contributed by atoms with van der Waals surface area (Å²) < 4.78 is 0. The molecule has 5 nitrogen and oxygen atoms in total. The number of carbonyl (C=O) groups excluding carboxylic acids is 1. The van der Waals surface area contributed by atoms with Crippen LogP contribution in [0.5, 0.6) is 0 Å². The van der Waals surface area contributed by atoms with E-state index >= 15 is 0 Å². The number of nitrogens with one attached hydrogen (secondary N) is 1. The molecule has 1 aliphatic carbocycles. The molecule has 5 heteroatoms. The maximum atomic E-state index is 12.6. The Morgan fingerprint density at radius 1 is 1.12 bits per heavy atom. The molecular weight excluding hydrogens is 304 g/mol. The van der Waals surface area contributed by atoms with Crippen LogP contribution < -0.4 is 5.32 Å². The minimum absolute atomic E-state index is 0.0343. The zero-order valence-corrected chi connectivity index (χ0v) is 14.0.